The Hall–Kier alpha value is -2.54. The number of aryl methyl sites for hydroxylation is 1. The second-order valence-corrected chi connectivity index (χ2v) is 6.29. The van der Waals surface area contributed by atoms with Gasteiger partial charge in [-0.1, -0.05) is 0 Å². The molecule has 7 heteroatoms. The molecule has 0 aliphatic rings. The largest absolute Gasteiger partial charge is 0.369 e. The smallest absolute Gasteiger partial charge is 0.147 e. The molecule has 4 heterocycles. The van der Waals surface area contributed by atoms with Gasteiger partial charge in [0.2, 0.25) is 0 Å². The van der Waals surface area contributed by atoms with E-state index in [9.17, 15) is 0 Å². The molecule has 0 saturated carbocycles. The number of unbranched alkanes of at least 4 members (excludes halogenated alkanes) is 1. The quantitative estimate of drug-likeness (QED) is 0.551. The lowest BCUT2D eigenvalue weighted by Crippen LogP contribution is -2.05. The summed E-state index contributed by atoms with van der Waals surface area (Å²) in [5, 5.41) is 4.53. The second kappa shape index (κ2) is 6.29. The lowest BCUT2D eigenvalue weighted by Gasteiger charge is -2.06. The van der Waals surface area contributed by atoms with E-state index in [2.05, 4.69) is 35.9 Å². The molecule has 1 N–H and O–H groups in total. The zero-order chi connectivity index (χ0) is 15.5. The minimum Gasteiger partial charge on any atom is -0.369 e. The van der Waals surface area contributed by atoms with Crippen molar-refractivity contribution in [3.8, 4) is 0 Å². The average molecular weight is 324 g/mol. The fourth-order valence-electron chi connectivity index (χ4n) is 2.58. The van der Waals surface area contributed by atoms with Crippen LogP contribution in [-0.2, 0) is 6.54 Å². The van der Waals surface area contributed by atoms with Crippen molar-refractivity contribution >= 4 is 37.6 Å². The first-order valence-corrected chi connectivity index (χ1v) is 8.41. The zero-order valence-corrected chi connectivity index (χ0v) is 13.3. The van der Waals surface area contributed by atoms with Crippen molar-refractivity contribution in [2.75, 3.05) is 11.9 Å². The van der Waals surface area contributed by atoms with Gasteiger partial charge >= 0.3 is 0 Å². The predicted octanol–water partition coefficient (Wildman–Crippen LogP) is 3.33. The molecular formula is C16H16N6S. The van der Waals surface area contributed by atoms with E-state index in [1.165, 1.54) is 0 Å². The molecule has 0 spiro atoms. The van der Waals surface area contributed by atoms with Gasteiger partial charge in [0, 0.05) is 37.1 Å². The minimum absolute atomic E-state index is 0.891. The highest BCUT2D eigenvalue weighted by Gasteiger charge is 2.11. The van der Waals surface area contributed by atoms with Gasteiger partial charge in [0.15, 0.2) is 0 Å². The van der Waals surface area contributed by atoms with Crippen LogP contribution in [0, 0.1) is 0 Å². The number of thiophene rings is 1. The number of fused-ring (bicyclic) bond motifs is 3. The summed E-state index contributed by atoms with van der Waals surface area (Å²) in [6.07, 6.45) is 11.3. The van der Waals surface area contributed by atoms with Crippen LogP contribution in [0.25, 0.3) is 20.4 Å². The van der Waals surface area contributed by atoms with Gasteiger partial charge in [0.05, 0.1) is 16.5 Å². The summed E-state index contributed by atoms with van der Waals surface area (Å²) in [4.78, 5) is 18.3. The first kappa shape index (κ1) is 14.1. The third-order valence-electron chi connectivity index (χ3n) is 3.72. The predicted molar refractivity (Wildman–Crippen MR) is 92.7 cm³/mol. The maximum absolute atomic E-state index is 4.42. The standard InChI is InChI=1S/C16H16N6S/c1(2-8-22-9-7-17-11-22)5-18-15-14-13(20-10-21-15)12-4-3-6-19-16(12)23-14/h3-4,6-7,9-11H,1-2,5,8H2,(H,18,20,21). The van der Waals surface area contributed by atoms with Crippen LogP contribution in [0.1, 0.15) is 12.8 Å². The van der Waals surface area contributed by atoms with Crippen molar-refractivity contribution < 1.29 is 0 Å². The Balaban J connectivity index is 1.44. The lowest BCUT2D eigenvalue weighted by molar-refractivity contribution is 0.621. The number of rotatable bonds is 6. The number of anilines is 1. The Morgan fingerprint density at radius 1 is 1.13 bits per heavy atom. The molecule has 116 valence electrons. The number of hydrogen-bond donors (Lipinski definition) is 1. The van der Waals surface area contributed by atoms with Crippen molar-refractivity contribution in [3.63, 3.8) is 0 Å². The summed E-state index contributed by atoms with van der Waals surface area (Å²) in [6.45, 7) is 1.89. The summed E-state index contributed by atoms with van der Waals surface area (Å²) in [5.74, 6) is 0.903. The Kier molecular flexibility index (Phi) is 3.85. The SMILES string of the molecule is c1cnc2sc3c(NCCCCn4ccnc4)ncnc3c2c1. The molecule has 4 aromatic heterocycles. The second-order valence-electron chi connectivity index (χ2n) is 5.29. The monoisotopic (exact) mass is 324 g/mol. The van der Waals surface area contributed by atoms with Gasteiger partial charge in [-0.05, 0) is 25.0 Å². The van der Waals surface area contributed by atoms with E-state index in [1.807, 2.05) is 31.0 Å². The highest BCUT2D eigenvalue weighted by atomic mass is 32.1. The molecule has 0 aromatic carbocycles. The molecule has 4 aromatic rings. The number of nitrogens with one attached hydrogen (secondary N) is 1. The topological polar surface area (TPSA) is 68.5 Å². The highest BCUT2D eigenvalue weighted by Crippen LogP contribution is 2.34. The van der Waals surface area contributed by atoms with Crippen molar-refractivity contribution in [1.29, 1.82) is 0 Å². The van der Waals surface area contributed by atoms with Crippen molar-refractivity contribution in [2.24, 2.45) is 0 Å². The van der Waals surface area contributed by atoms with Crippen molar-refractivity contribution in [3.05, 3.63) is 43.4 Å². The molecule has 0 bridgehead atoms. The van der Waals surface area contributed by atoms with E-state index in [1.54, 1.807) is 17.7 Å². The summed E-state index contributed by atoms with van der Waals surface area (Å²) in [6, 6.07) is 4.00. The van der Waals surface area contributed by atoms with Gasteiger partial charge in [0.25, 0.3) is 0 Å². The molecule has 4 rings (SSSR count). The van der Waals surface area contributed by atoms with Crippen molar-refractivity contribution in [1.82, 2.24) is 24.5 Å². The van der Waals surface area contributed by atoms with Gasteiger partial charge in [0.1, 0.15) is 17.0 Å². The fraction of sp³-hybridized carbons (Fsp3) is 0.250. The van der Waals surface area contributed by atoms with Crippen LogP contribution in [-0.4, -0.2) is 31.0 Å². The molecule has 0 radical (unpaired) electrons. The number of pyridine rings is 1. The summed E-state index contributed by atoms with van der Waals surface area (Å²) in [7, 11) is 0. The normalized spacial score (nSPS) is 11.3. The third-order valence-corrected chi connectivity index (χ3v) is 4.83. The van der Waals surface area contributed by atoms with Gasteiger partial charge in [-0.2, -0.15) is 0 Å². The Morgan fingerprint density at radius 3 is 3.04 bits per heavy atom. The Morgan fingerprint density at radius 2 is 2.13 bits per heavy atom. The van der Waals surface area contributed by atoms with Crippen LogP contribution in [0.5, 0.6) is 0 Å². The van der Waals surface area contributed by atoms with E-state index in [0.29, 0.717) is 0 Å². The summed E-state index contributed by atoms with van der Waals surface area (Å²) >= 11 is 1.64. The van der Waals surface area contributed by atoms with Crippen LogP contribution >= 0.6 is 11.3 Å². The van der Waals surface area contributed by atoms with Gasteiger partial charge in [-0.3, -0.25) is 0 Å². The molecule has 23 heavy (non-hydrogen) atoms. The van der Waals surface area contributed by atoms with Crippen molar-refractivity contribution in [2.45, 2.75) is 19.4 Å². The van der Waals surface area contributed by atoms with Gasteiger partial charge in [-0.15, -0.1) is 11.3 Å². The van der Waals surface area contributed by atoms with Crippen LogP contribution in [0.4, 0.5) is 5.82 Å². The van der Waals surface area contributed by atoms with Crippen LogP contribution in [0.3, 0.4) is 0 Å². The molecule has 0 unspecified atom stereocenters. The van der Waals surface area contributed by atoms with Gasteiger partial charge < -0.3 is 9.88 Å². The van der Waals surface area contributed by atoms with E-state index in [4.69, 9.17) is 0 Å². The van der Waals surface area contributed by atoms with E-state index < -0.39 is 0 Å². The van der Waals surface area contributed by atoms with Crippen LogP contribution < -0.4 is 5.32 Å². The first-order valence-electron chi connectivity index (χ1n) is 7.59. The molecular weight excluding hydrogens is 308 g/mol. The molecule has 6 nitrogen and oxygen atoms in total. The van der Waals surface area contributed by atoms with E-state index in [-0.39, 0.29) is 0 Å². The Bertz CT molecular complexity index is 915. The molecule has 0 aliphatic heterocycles. The first-order chi connectivity index (χ1) is 11.4. The van der Waals surface area contributed by atoms with Crippen LogP contribution in [0.15, 0.2) is 43.4 Å². The molecule has 0 saturated heterocycles. The number of imidazole rings is 1. The maximum atomic E-state index is 4.42. The minimum atomic E-state index is 0.891. The fourth-order valence-corrected chi connectivity index (χ4v) is 3.64. The average Bonchev–Trinajstić information content (AvgIpc) is 3.22. The summed E-state index contributed by atoms with van der Waals surface area (Å²) in [5.41, 5.74) is 0.981. The Labute approximate surface area is 137 Å². The van der Waals surface area contributed by atoms with Gasteiger partial charge in [-0.25, -0.2) is 19.9 Å². The third kappa shape index (κ3) is 2.87. The number of hydrogen-bond acceptors (Lipinski definition) is 6. The number of nitrogens with zero attached hydrogens (tertiary/aromatic N) is 5. The zero-order valence-electron chi connectivity index (χ0n) is 12.5. The van der Waals surface area contributed by atoms with E-state index in [0.717, 1.165) is 52.2 Å². The van der Waals surface area contributed by atoms with Crippen LogP contribution in [0.2, 0.25) is 0 Å². The molecule has 0 amide bonds. The summed E-state index contributed by atoms with van der Waals surface area (Å²) < 4.78 is 3.18. The maximum Gasteiger partial charge on any atom is 0.147 e. The molecule has 0 atom stereocenters. The lowest BCUT2D eigenvalue weighted by atomic mass is 10.3. The number of aromatic nitrogens is 5. The molecule has 0 fully saturated rings. The highest BCUT2D eigenvalue weighted by molar-refractivity contribution is 7.25. The molecule has 0 aliphatic carbocycles. The van der Waals surface area contributed by atoms with E-state index >= 15 is 0 Å².